The molecule has 1 aliphatic heterocycles. The van der Waals surface area contributed by atoms with E-state index in [1.165, 1.54) is 6.42 Å². The van der Waals surface area contributed by atoms with Gasteiger partial charge in [0.15, 0.2) is 0 Å². The normalized spacial score (nSPS) is 15.4. The van der Waals surface area contributed by atoms with Crippen molar-refractivity contribution in [1.82, 2.24) is 0 Å². The van der Waals surface area contributed by atoms with E-state index in [4.69, 9.17) is 14.2 Å². The minimum absolute atomic E-state index is 0.258. The van der Waals surface area contributed by atoms with Gasteiger partial charge in [-0.1, -0.05) is 0 Å². The summed E-state index contributed by atoms with van der Waals surface area (Å²) in [5.74, 6) is -0.258. The third kappa shape index (κ3) is 6.67. The molecule has 1 fully saturated rings. The van der Waals surface area contributed by atoms with Crippen LogP contribution in [0.2, 0.25) is 0 Å². The van der Waals surface area contributed by atoms with Crippen LogP contribution < -0.4 is 4.90 Å². The van der Waals surface area contributed by atoms with E-state index in [-0.39, 0.29) is 5.97 Å². The van der Waals surface area contributed by atoms with Crippen molar-refractivity contribution in [3.63, 3.8) is 0 Å². The second-order valence-corrected chi connectivity index (χ2v) is 6.38. The molecule has 0 spiro atoms. The van der Waals surface area contributed by atoms with Gasteiger partial charge in [0.2, 0.25) is 0 Å². The van der Waals surface area contributed by atoms with Crippen LogP contribution >= 0.6 is 0 Å². The van der Waals surface area contributed by atoms with E-state index in [9.17, 15) is 4.79 Å². The van der Waals surface area contributed by atoms with Crippen molar-refractivity contribution in [2.24, 2.45) is 0 Å². The number of hydrogen-bond donors (Lipinski definition) is 0. The molecule has 25 heavy (non-hydrogen) atoms. The number of nitrogens with zero attached hydrogens (tertiary/aromatic N) is 1. The number of carbonyl (C=O) groups is 1. The summed E-state index contributed by atoms with van der Waals surface area (Å²) in [7, 11) is 1.74. The largest absolute Gasteiger partial charge is 0.462 e. The highest BCUT2D eigenvalue weighted by molar-refractivity contribution is 5.89. The fourth-order valence-electron chi connectivity index (χ4n) is 3.08. The van der Waals surface area contributed by atoms with Crippen LogP contribution in [0.3, 0.4) is 0 Å². The van der Waals surface area contributed by atoms with Gasteiger partial charge in [-0.15, -0.1) is 0 Å². The molecular formula is C20H31NO4. The SMILES string of the molecule is CCOC(=O)c1ccc(N2CCC(OCCCCCOC)CC2)cc1. The fourth-order valence-corrected chi connectivity index (χ4v) is 3.08. The van der Waals surface area contributed by atoms with Crippen molar-refractivity contribution in [2.75, 3.05) is 44.9 Å². The summed E-state index contributed by atoms with van der Waals surface area (Å²) in [6.07, 6.45) is 5.87. The zero-order valence-electron chi connectivity index (χ0n) is 15.5. The Morgan fingerprint density at radius 3 is 2.40 bits per heavy atom. The van der Waals surface area contributed by atoms with E-state index in [0.29, 0.717) is 18.3 Å². The Labute approximate surface area is 151 Å². The molecule has 0 aromatic heterocycles. The Balaban J connectivity index is 1.68. The number of carbonyl (C=O) groups excluding carboxylic acids is 1. The minimum atomic E-state index is -0.258. The maximum absolute atomic E-state index is 11.7. The lowest BCUT2D eigenvalue weighted by molar-refractivity contribution is 0.0341. The average molecular weight is 349 g/mol. The van der Waals surface area contributed by atoms with Gasteiger partial charge in [0.25, 0.3) is 0 Å². The molecule has 0 aliphatic carbocycles. The maximum Gasteiger partial charge on any atom is 0.338 e. The smallest absolute Gasteiger partial charge is 0.338 e. The molecule has 1 aliphatic rings. The summed E-state index contributed by atoms with van der Waals surface area (Å²) in [5.41, 5.74) is 1.77. The average Bonchev–Trinajstić information content (AvgIpc) is 2.65. The summed E-state index contributed by atoms with van der Waals surface area (Å²) in [4.78, 5) is 14.1. The molecule has 0 amide bonds. The number of unbranched alkanes of at least 4 members (excludes halogenated alkanes) is 2. The predicted molar refractivity (Wildman–Crippen MR) is 99.3 cm³/mol. The number of piperidine rings is 1. The lowest BCUT2D eigenvalue weighted by atomic mass is 10.1. The Kier molecular flexibility index (Phi) is 8.77. The topological polar surface area (TPSA) is 48.0 Å². The molecule has 1 aromatic carbocycles. The molecule has 140 valence electrons. The third-order valence-electron chi connectivity index (χ3n) is 4.53. The van der Waals surface area contributed by atoms with Gasteiger partial charge in [-0.3, -0.25) is 0 Å². The van der Waals surface area contributed by atoms with Gasteiger partial charge in [-0.05, 0) is 63.3 Å². The summed E-state index contributed by atoms with van der Waals surface area (Å²) in [6.45, 7) is 5.90. The molecule has 1 heterocycles. The Morgan fingerprint density at radius 1 is 1.08 bits per heavy atom. The Hall–Kier alpha value is -1.59. The number of methoxy groups -OCH3 is 1. The van der Waals surface area contributed by atoms with E-state index >= 15 is 0 Å². The van der Waals surface area contributed by atoms with Gasteiger partial charge in [-0.2, -0.15) is 0 Å². The molecule has 0 saturated carbocycles. The zero-order valence-corrected chi connectivity index (χ0v) is 15.5. The van der Waals surface area contributed by atoms with Crippen molar-refractivity contribution >= 4 is 11.7 Å². The van der Waals surface area contributed by atoms with Crippen LogP contribution in [0, 0.1) is 0 Å². The van der Waals surface area contributed by atoms with Crippen molar-refractivity contribution in [3.05, 3.63) is 29.8 Å². The molecular weight excluding hydrogens is 318 g/mol. The molecule has 0 unspecified atom stereocenters. The highest BCUT2D eigenvalue weighted by Gasteiger charge is 2.20. The molecule has 1 aromatic rings. The van der Waals surface area contributed by atoms with Crippen molar-refractivity contribution in [1.29, 1.82) is 0 Å². The lowest BCUT2D eigenvalue weighted by Crippen LogP contribution is -2.37. The standard InChI is InChI=1S/C20H31NO4/c1-3-24-20(22)17-7-9-18(10-8-17)21-13-11-19(12-14-21)25-16-6-4-5-15-23-2/h7-10,19H,3-6,11-16H2,1-2H3. The molecule has 0 bridgehead atoms. The van der Waals surface area contributed by atoms with Crippen LogP contribution in [0.4, 0.5) is 5.69 Å². The van der Waals surface area contributed by atoms with E-state index in [1.807, 2.05) is 31.2 Å². The Morgan fingerprint density at radius 2 is 1.76 bits per heavy atom. The molecule has 0 N–H and O–H groups in total. The summed E-state index contributed by atoms with van der Waals surface area (Å²) in [6, 6.07) is 7.69. The first-order valence-electron chi connectivity index (χ1n) is 9.37. The third-order valence-corrected chi connectivity index (χ3v) is 4.53. The van der Waals surface area contributed by atoms with Crippen molar-refractivity contribution in [3.8, 4) is 0 Å². The van der Waals surface area contributed by atoms with Gasteiger partial charge < -0.3 is 19.1 Å². The molecule has 0 atom stereocenters. The number of benzene rings is 1. The van der Waals surface area contributed by atoms with E-state index in [2.05, 4.69) is 4.90 Å². The van der Waals surface area contributed by atoms with Gasteiger partial charge in [0.05, 0.1) is 18.3 Å². The first-order chi connectivity index (χ1) is 12.2. The first kappa shape index (κ1) is 19.7. The number of hydrogen-bond acceptors (Lipinski definition) is 5. The van der Waals surface area contributed by atoms with Gasteiger partial charge in [-0.25, -0.2) is 4.79 Å². The van der Waals surface area contributed by atoms with Crippen LogP contribution in [0.5, 0.6) is 0 Å². The van der Waals surface area contributed by atoms with Crippen molar-refractivity contribution in [2.45, 2.75) is 45.1 Å². The summed E-state index contributed by atoms with van der Waals surface area (Å²) < 4.78 is 16.1. The van der Waals surface area contributed by atoms with Crippen LogP contribution in [0.1, 0.15) is 49.4 Å². The van der Waals surface area contributed by atoms with E-state index < -0.39 is 0 Å². The summed E-state index contributed by atoms with van der Waals surface area (Å²) in [5, 5.41) is 0. The second kappa shape index (κ2) is 11.1. The van der Waals surface area contributed by atoms with Gasteiger partial charge >= 0.3 is 5.97 Å². The quantitative estimate of drug-likeness (QED) is 0.476. The van der Waals surface area contributed by atoms with Crippen molar-refractivity contribution < 1.29 is 19.0 Å². The monoisotopic (exact) mass is 349 g/mol. The fraction of sp³-hybridized carbons (Fsp3) is 0.650. The lowest BCUT2D eigenvalue weighted by Gasteiger charge is -2.33. The van der Waals surface area contributed by atoms with Crippen LogP contribution in [0.25, 0.3) is 0 Å². The second-order valence-electron chi connectivity index (χ2n) is 6.38. The van der Waals surface area contributed by atoms with E-state index in [1.54, 1.807) is 7.11 Å². The van der Waals surface area contributed by atoms with Gasteiger partial charge in [0, 0.05) is 39.1 Å². The first-order valence-corrected chi connectivity index (χ1v) is 9.37. The van der Waals surface area contributed by atoms with Crippen LogP contribution in [0.15, 0.2) is 24.3 Å². The predicted octanol–water partition coefficient (Wildman–Crippen LogP) is 3.67. The summed E-state index contributed by atoms with van der Waals surface area (Å²) >= 11 is 0. The number of rotatable bonds is 10. The number of esters is 1. The number of anilines is 1. The van der Waals surface area contributed by atoms with Crippen LogP contribution in [-0.4, -0.2) is 52.1 Å². The van der Waals surface area contributed by atoms with Gasteiger partial charge in [0.1, 0.15) is 0 Å². The minimum Gasteiger partial charge on any atom is -0.462 e. The molecule has 5 nitrogen and oxygen atoms in total. The van der Waals surface area contributed by atoms with Crippen LogP contribution in [-0.2, 0) is 14.2 Å². The number of ether oxygens (including phenoxy) is 3. The molecule has 1 saturated heterocycles. The highest BCUT2D eigenvalue weighted by Crippen LogP contribution is 2.22. The highest BCUT2D eigenvalue weighted by atomic mass is 16.5. The van der Waals surface area contributed by atoms with E-state index in [0.717, 1.165) is 57.7 Å². The molecule has 5 heteroatoms. The zero-order chi connectivity index (χ0) is 17.9. The molecule has 2 rings (SSSR count). The molecule has 0 radical (unpaired) electrons. The Bertz CT molecular complexity index is 495. The maximum atomic E-state index is 11.7.